The predicted octanol–water partition coefficient (Wildman–Crippen LogP) is 1.45. The molecular formula is C13H19FN2O2. The summed E-state index contributed by atoms with van der Waals surface area (Å²) >= 11 is 0. The second-order valence-electron chi connectivity index (χ2n) is 4.11. The summed E-state index contributed by atoms with van der Waals surface area (Å²) in [6, 6.07) is 5.64. The maximum absolute atomic E-state index is 13.4. The molecule has 1 rings (SSSR count). The van der Waals surface area contributed by atoms with Gasteiger partial charge in [0.1, 0.15) is 6.10 Å². The van der Waals surface area contributed by atoms with Crippen LogP contribution >= 0.6 is 0 Å². The van der Waals surface area contributed by atoms with E-state index in [-0.39, 0.29) is 17.8 Å². The summed E-state index contributed by atoms with van der Waals surface area (Å²) in [5, 5.41) is 2.66. The van der Waals surface area contributed by atoms with Crippen molar-refractivity contribution in [2.45, 2.75) is 32.4 Å². The molecule has 0 aliphatic heterocycles. The number of carbonyl (C=O) groups excluding carboxylic acids is 1. The highest BCUT2D eigenvalue weighted by atomic mass is 19.1. The second kappa shape index (κ2) is 6.96. The van der Waals surface area contributed by atoms with Gasteiger partial charge in [0.05, 0.1) is 12.6 Å². The molecule has 0 saturated heterocycles. The van der Waals surface area contributed by atoms with Gasteiger partial charge in [0.25, 0.3) is 0 Å². The molecule has 0 aliphatic rings. The van der Waals surface area contributed by atoms with Crippen molar-refractivity contribution in [3.05, 3.63) is 30.1 Å². The number of nitrogens with one attached hydrogen (secondary N) is 1. The van der Waals surface area contributed by atoms with E-state index in [4.69, 9.17) is 10.5 Å². The molecule has 0 spiro atoms. The molecule has 1 amide bonds. The summed E-state index contributed by atoms with van der Waals surface area (Å²) < 4.78 is 18.9. The van der Waals surface area contributed by atoms with Crippen molar-refractivity contribution in [2.24, 2.45) is 5.73 Å². The molecule has 0 bridgehead atoms. The predicted molar refractivity (Wildman–Crippen MR) is 67.8 cm³/mol. The zero-order chi connectivity index (χ0) is 13.5. The lowest BCUT2D eigenvalue weighted by Crippen LogP contribution is -2.42. The Balaban J connectivity index is 2.52. The summed E-state index contributed by atoms with van der Waals surface area (Å²) in [6.45, 7) is 3.82. The largest absolute Gasteiger partial charge is 0.486 e. The first-order valence-corrected chi connectivity index (χ1v) is 5.99. The summed E-state index contributed by atoms with van der Waals surface area (Å²) in [6.07, 6.45) is 0.387. The van der Waals surface area contributed by atoms with Gasteiger partial charge >= 0.3 is 0 Å². The number of hydrogen-bond donors (Lipinski definition) is 2. The molecule has 1 aromatic rings. The van der Waals surface area contributed by atoms with Gasteiger partial charge in [0.15, 0.2) is 11.6 Å². The molecule has 100 valence electrons. The van der Waals surface area contributed by atoms with Gasteiger partial charge in [0, 0.05) is 0 Å². The zero-order valence-corrected chi connectivity index (χ0v) is 10.7. The van der Waals surface area contributed by atoms with Crippen LogP contribution in [0.1, 0.15) is 20.3 Å². The Hall–Kier alpha value is -1.62. The summed E-state index contributed by atoms with van der Waals surface area (Å²) in [5.74, 6) is -0.459. The van der Waals surface area contributed by atoms with Crippen LogP contribution in [0.4, 0.5) is 4.39 Å². The Morgan fingerprint density at radius 1 is 1.50 bits per heavy atom. The van der Waals surface area contributed by atoms with E-state index in [1.807, 2.05) is 6.92 Å². The molecule has 4 nitrogen and oxygen atoms in total. The van der Waals surface area contributed by atoms with E-state index in [1.165, 1.54) is 6.07 Å². The SMILES string of the molecule is CCC(CNC(=O)[C@H](C)N)Oc1ccccc1F. The normalized spacial score (nSPS) is 13.8. The molecule has 0 saturated carbocycles. The van der Waals surface area contributed by atoms with Crippen LogP contribution in [0.25, 0.3) is 0 Å². The van der Waals surface area contributed by atoms with Crippen LogP contribution in [0.15, 0.2) is 24.3 Å². The fourth-order valence-electron chi connectivity index (χ4n) is 1.36. The first kappa shape index (κ1) is 14.4. The Bertz CT molecular complexity index is 396. The molecule has 1 aromatic carbocycles. The third kappa shape index (κ3) is 4.33. The number of hydrogen-bond acceptors (Lipinski definition) is 3. The Labute approximate surface area is 106 Å². The molecule has 1 unspecified atom stereocenters. The minimum Gasteiger partial charge on any atom is -0.486 e. The van der Waals surface area contributed by atoms with Gasteiger partial charge in [-0.3, -0.25) is 4.79 Å². The summed E-state index contributed by atoms with van der Waals surface area (Å²) in [4.78, 5) is 11.3. The lowest BCUT2D eigenvalue weighted by atomic mass is 10.2. The highest BCUT2D eigenvalue weighted by molar-refractivity contribution is 5.80. The molecule has 0 radical (unpaired) electrons. The highest BCUT2D eigenvalue weighted by Gasteiger charge is 2.13. The van der Waals surface area contributed by atoms with Gasteiger partial charge in [-0.25, -0.2) is 4.39 Å². The number of amides is 1. The van der Waals surface area contributed by atoms with Crippen LogP contribution in [0, 0.1) is 5.82 Å². The van der Waals surface area contributed by atoms with E-state index in [0.29, 0.717) is 13.0 Å². The third-order valence-electron chi connectivity index (χ3n) is 2.50. The van der Waals surface area contributed by atoms with E-state index in [2.05, 4.69) is 5.32 Å². The number of carbonyl (C=O) groups is 1. The van der Waals surface area contributed by atoms with Crippen LogP contribution in [0.3, 0.4) is 0 Å². The smallest absolute Gasteiger partial charge is 0.236 e. The number of ether oxygens (including phenoxy) is 1. The minimum atomic E-state index is -0.559. The topological polar surface area (TPSA) is 64.4 Å². The standard InChI is InChI=1S/C13H19FN2O2/c1-3-10(8-16-13(17)9(2)15)18-12-7-5-4-6-11(12)14/h4-7,9-10H,3,8,15H2,1-2H3,(H,16,17)/t9-,10?/m0/s1. The number of para-hydroxylation sites is 1. The van der Waals surface area contributed by atoms with Gasteiger partial charge in [0.2, 0.25) is 5.91 Å². The first-order valence-electron chi connectivity index (χ1n) is 5.99. The molecule has 18 heavy (non-hydrogen) atoms. The van der Waals surface area contributed by atoms with Gasteiger partial charge < -0.3 is 15.8 Å². The van der Waals surface area contributed by atoms with Crippen molar-refractivity contribution in [3.63, 3.8) is 0 Å². The molecule has 0 fully saturated rings. The van der Waals surface area contributed by atoms with Crippen LogP contribution in [-0.4, -0.2) is 24.6 Å². The Morgan fingerprint density at radius 3 is 2.72 bits per heavy atom. The Morgan fingerprint density at radius 2 is 2.17 bits per heavy atom. The number of nitrogens with two attached hydrogens (primary N) is 1. The molecule has 0 aliphatic carbocycles. The maximum Gasteiger partial charge on any atom is 0.236 e. The van der Waals surface area contributed by atoms with Crippen molar-refractivity contribution in [2.75, 3.05) is 6.54 Å². The lowest BCUT2D eigenvalue weighted by molar-refractivity contribution is -0.122. The van der Waals surface area contributed by atoms with Gasteiger partial charge in [-0.1, -0.05) is 19.1 Å². The monoisotopic (exact) mass is 254 g/mol. The van der Waals surface area contributed by atoms with Crippen LogP contribution in [0.2, 0.25) is 0 Å². The molecule has 5 heteroatoms. The third-order valence-corrected chi connectivity index (χ3v) is 2.50. The minimum absolute atomic E-state index is 0.194. The fourth-order valence-corrected chi connectivity index (χ4v) is 1.36. The molecular weight excluding hydrogens is 235 g/mol. The van der Waals surface area contributed by atoms with E-state index < -0.39 is 11.9 Å². The van der Waals surface area contributed by atoms with Crippen molar-refractivity contribution < 1.29 is 13.9 Å². The number of benzene rings is 1. The average molecular weight is 254 g/mol. The van der Waals surface area contributed by atoms with Crippen molar-refractivity contribution in [1.29, 1.82) is 0 Å². The fraction of sp³-hybridized carbons (Fsp3) is 0.462. The van der Waals surface area contributed by atoms with E-state index in [9.17, 15) is 9.18 Å². The van der Waals surface area contributed by atoms with Gasteiger partial charge in [-0.2, -0.15) is 0 Å². The van der Waals surface area contributed by atoms with Gasteiger partial charge in [-0.05, 0) is 25.5 Å². The van der Waals surface area contributed by atoms with E-state index in [0.717, 1.165) is 0 Å². The summed E-state index contributed by atoms with van der Waals surface area (Å²) in [7, 11) is 0. The second-order valence-corrected chi connectivity index (χ2v) is 4.11. The first-order chi connectivity index (χ1) is 8.54. The molecule has 2 atom stereocenters. The number of rotatable bonds is 6. The lowest BCUT2D eigenvalue weighted by Gasteiger charge is -2.19. The molecule has 0 heterocycles. The van der Waals surface area contributed by atoms with Crippen LogP contribution in [-0.2, 0) is 4.79 Å². The van der Waals surface area contributed by atoms with E-state index in [1.54, 1.807) is 25.1 Å². The quantitative estimate of drug-likeness (QED) is 0.807. The van der Waals surface area contributed by atoms with Crippen molar-refractivity contribution in [1.82, 2.24) is 5.32 Å². The van der Waals surface area contributed by atoms with Crippen LogP contribution < -0.4 is 15.8 Å². The number of halogens is 1. The van der Waals surface area contributed by atoms with E-state index >= 15 is 0 Å². The highest BCUT2D eigenvalue weighted by Crippen LogP contribution is 2.17. The average Bonchev–Trinajstić information content (AvgIpc) is 2.36. The summed E-state index contributed by atoms with van der Waals surface area (Å²) in [5.41, 5.74) is 5.43. The molecule has 3 N–H and O–H groups in total. The van der Waals surface area contributed by atoms with Crippen LogP contribution in [0.5, 0.6) is 5.75 Å². The van der Waals surface area contributed by atoms with Crippen molar-refractivity contribution in [3.8, 4) is 5.75 Å². The van der Waals surface area contributed by atoms with Gasteiger partial charge in [-0.15, -0.1) is 0 Å². The Kier molecular flexibility index (Phi) is 5.58. The zero-order valence-electron chi connectivity index (χ0n) is 10.7. The van der Waals surface area contributed by atoms with Crippen molar-refractivity contribution >= 4 is 5.91 Å². The molecule has 0 aromatic heterocycles. The maximum atomic E-state index is 13.4.